The average molecular weight is 359 g/mol. The van der Waals surface area contributed by atoms with Crippen molar-refractivity contribution in [2.24, 2.45) is 5.92 Å². The summed E-state index contributed by atoms with van der Waals surface area (Å²) in [4.78, 5) is 23.3. The molecule has 0 spiro atoms. The molecule has 1 amide bonds. The van der Waals surface area contributed by atoms with E-state index in [0.717, 1.165) is 24.2 Å². The molecule has 3 rings (SSSR count). The van der Waals surface area contributed by atoms with Crippen molar-refractivity contribution in [2.45, 2.75) is 51.6 Å². The van der Waals surface area contributed by atoms with Crippen molar-refractivity contribution in [2.75, 3.05) is 18.5 Å². The first-order chi connectivity index (χ1) is 12.8. The zero-order valence-corrected chi connectivity index (χ0v) is 15.4. The van der Waals surface area contributed by atoms with Crippen molar-refractivity contribution in [3.63, 3.8) is 0 Å². The van der Waals surface area contributed by atoms with Gasteiger partial charge in [-0.3, -0.25) is 19.9 Å². The third-order valence-electron chi connectivity index (χ3n) is 4.98. The Kier molecular flexibility index (Phi) is 6.91. The van der Waals surface area contributed by atoms with Gasteiger partial charge >= 0.3 is 0 Å². The maximum absolute atomic E-state index is 12.4. The number of allylic oxidation sites excluding steroid dienone is 1. The Morgan fingerprint density at radius 3 is 2.88 bits per heavy atom. The molecule has 1 unspecified atom stereocenters. The summed E-state index contributed by atoms with van der Waals surface area (Å²) in [5.41, 5.74) is 8.04. The van der Waals surface area contributed by atoms with Crippen molar-refractivity contribution in [1.82, 2.24) is 11.0 Å². The standard InChI is InChI=1S/C20H29N3O3/c1-2-16-13-17(26-22-16)11-12-21-19-10-6-5-9-18(19)20(24)23-25-14-15-7-3-4-8-15/h5-6,9-10,13,15,17,21-22H,2-4,7-8,11-12,14H2,1H3,(H,23,24). The summed E-state index contributed by atoms with van der Waals surface area (Å²) in [6.07, 6.45) is 8.86. The molecule has 3 N–H and O–H groups in total. The van der Waals surface area contributed by atoms with Crippen LogP contribution in [0, 0.1) is 5.92 Å². The number of nitrogens with one attached hydrogen (secondary N) is 3. The number of carbonyl (C=O) groups is 1. The second-order valence-electron chi connectivity index (χ2n) is 6.96. The number of amides is 1. The fourth-order valence-corrected chi connectivity index (χ4v) is 3.42. The van der Waals surface area contributed by atoms with Crippen LogP contribution in [0.1, 0.15) is 55.8 Å². The number of para-hydroxylation sites is 1. The highest BCUT2D eigenvalue weighted by Gasteiger charge is 2.17. The number of hydrogen-bond donors (Lipinski definition) is 3. The largest absolute Gasteiger partial charge is 0.384 e. The Hall–Kier alpha value is -2.05. The van der Waals surface area contributed by atoms with Gasteiger partial charge in [0.2, 0.25) is 0 Å². The molecule has 0 radical (unpaired) electrons. The van der Waals surface area contributed by atoms with Crippen LogP contribution in [-0.2, 0) is 9.68 Å². The number of carbonyl (C=O) groups excluding carboxylic acids is 1. The van der Waals surface area contributed by atoms with Crippen LogP contribution in [0.15, 0.2) is 36.0 Å². The van der Waals surface area contributed by atoms with Crippen molar-refractivity contribution in [1.29, 1.82) is 0 Å². The topological polar surface area (TPSA) is 71.6 Å². The van der Waals surface area contributed by atoms with Crippen LogP contribution in [-0.4, -0.2) is 25.2 Å². The summed E-state index contributed by atoms with van der Waals surface area (Å²) in [5.74, 6) is 0.364. The number of anilines is 1. The average Bonchev–Trinajstić information content (AvgIpc) is 3.34. The second kappa shape index (κ2) is 9.59. The first-order valence-corrected chi connectivity index (χ1v) is 9.63. The zero-order valence-electron chi connectivity index (χ0n) is 15.4. The van der Waals surface area contributed by atoms with E-state index in [-0.39, 0.29) is 12.0 Å². The molecule has 1 aromatic carbocycles. The van der Waals surface area contributed by atoms with Gasteiger partial charge in [0.25, 0.3) is 5.91 Å². The third kappa shape index (κ3) is 5.22. The van der Waals surface area contributed by atoms with E-state index in [0.29, 0.717) is 24.6 Å². The van der Waals surface area contributed by atoms with E-state index in [1.54, 1.807) is 6.07 Å². The predicted molar refractivity (Wildman–Crippen MR) is 101 cm³/mol. The molecule has 6 nitrogen and oxygen atoms in total. The molecule has 1 aliphatic heterocycles. The molecule has 1 atom stereocenters. The van der Waals surface area contributed by atoms with Crippen LogP contribution in [0.4, 0.5) is 5.69 Å². The number of rotatable bonds is 9. The second-order valence-corrected chi connectivity index (χ2v) is 6.96. The lowest BCUT2D eigenvalue weighted by molar-refractivity contribution is 0.0172. The minimum Gasteiger partial charge on any atom is -0.384 e. The van der Waals surface area contributed by atoms with E-state index in [2.05, 4.69) is 29.3 Å². The summed E-state index contributed by atoms with van der Waals surface area (Å²) in [6, 6.07) is 7.49. The Bertz CT molecular complexity index is 626. The third-order valence-corrected chi connectivity index (χ3v) is 4.98. The van der Waals surface area contributed by atoms with Crippen LogP contribution < -0.4 is 16.3 Å². The van der Waals surface area contributed by atoms with Crippen molar-refractivity contribution in [3.05, 3.63) is 41.6 Å². The van der Waals surface area contributed by atoms with Crippen LogP contribution in [0.3, 0.4) is 0 Å². The quantitative estimate of drug-likeness (QED) is 0.588. The molecule has 26 heavy (non-hydrogen) atoms. The molecule has 1 fully saturated rings. The highest BCUT2D eigenvalue weighted by Crippen LogP contribution is 2.24. The SMILES string of the molecule is CCC1=CC(CCNc2ccccc2C(=O)NOCC2CCCC2)ON1. The monoisotopic (exact) mass is 359 g/mol. The molecule has 1 aromatic rings. The first-order valence-electron chi connectivity index (χ1n) is 9.63. The van der Waals surface area contributed by atoms with Crippen LogP contribution >= 0.6 is 0 Å². The normalized spacial score (nSPS) is 19.9. The predicted octanol–water partition coefficient (Wildman–Crippen LogP) is 3.54. The Balaban J connectivity index is 1.46. The lowest BCUT2D eigenvalue weighted by Crippen LogP contribution is -2.27. The molecule has 6 heteroatoms. The van der Waals surface area contributed by atoms with Crippen LogP contribution in [0.2, 0.25) is 0 Å². The fourth-order valence-electron chi connectivity index (χ4n) is 3.42. The smallest absolute Gasteiger partial charge is 0.276 e. The molecule has 0 saturated heterocycles. The highest BCUT2D eigenvalue weighted by molar-refractivity contribution is 5.98. The van der Waals surface area contributed by atoms with Crippen LogP contribution in [0.25, 0.3) is 0 Å². The molecular weight excluding hydrogens is 330 g/mol. The molecule has 1 saturated carbocycles. The van der Waals surface area contributed by atoms with Gasteiger partial charge in [0.15, 0.2) is 0 Å². The van der Waals surface area contributed by atoms with Gasteiger partial charge in [-0.25, -0.2) is 5.48 Å². The zero-order chi connectivity index (χ0) is 18.2. The minimum atomic E-state index is -0.210. The summed E-state index contributed by atoms with van der Waals surface area (Å²) >= 11 is 0. The molecule has 1 heterocycles. The molecular formula is C20H29N3O3. The van der Waals surface area contributed by atoms with E-state index in [9.17, 15) is 4.79 Å². The van der Waals surface area contributed by atoms with Crippen molar-refractivity contribution < 1.29 is 14.5 Å². The number of benzene rings is 1. The molecule has 2 aliphatic rings. The van der Waals surface area contributed by atoms with Gasteiger partial charge in [-0.15, -0.1) is 0 Å². The van der Waals surface area contributed by atoms with E-state index in [1.165, 1.54) is 25.7 Å². The van der Waals surface area contributed by atoms with Crippen LogP contribution in [0.5, 0.6) is 0 Å². The first kappa shape index (κ1) is 18.7. The Morgan fingerprint density at radius 1 is 1.31 bits per heavy atom. The maximum atomic E-state index is 12.4. The van der Waals surface area contributed by atoms with E-state index < -0.39 is 0 Å². The van der Waals surface area contributed by atoms with Gasteiger partial charge < -0.3 is 5.32 Å². The summed E-state index contributed by atoms with van der Waals surface area (Å²) in [7, 11) is 0. The minimum absolute atomic E-state index is 0.0631. The summed E-state index contributed by atoms with van der Waals surface area (Å²) in [5, 5.41) is 3.33. The summed E-state index contributed by atoms with van der Waals surface area (Å²) in [6.45, 7) is 3.40. The molecule has 0 aromatic heterocycles. The van der Waals surface area contributed by atoms with Gasteiger partial charge in [0.05, 0.1) is 12.2 Å². The van der Waals surface area contributed by atoms with Gasteiger partial charge in [-0.05, 0) is 49.8 Å². The Morgan fingerprint density at radius 2 is 2.12 bits per heavy atom. The lowest BCUT2D eigenvalue weighted by Gasteiger charge is -2.14. The highest BCUT2D eigenvalue weighted by atomic mass is 16.7. The van der Waals surface area contributed by atoms with E-state index in [1.807, 2.05) is 18.2 Å². The van der Waals surface area contributed by atoms with E-state index >= 15 is 0 Å². The van der Waals surface area contributed by atoms with Gasteiger partial charge in [0, 0.05) is 17.9 Å². The maximum Gasteiger partial charge on any atom is 0.276 e. The molecule has 1 aliphatic carbocycles. The van der Waals surface area contributed by atoms with Gasteiger partial charge in [0.1, 0.15) is 6.10 Å². The van der Waals surface area contributed by atoms with Crippen molar-refractivity contribution >= 4 is 11.6 Å². The Labute approximate surface area is 155 Å². The lowest BCUT2D eigenvalue weighted by atomic mass is 10.1. The van der Waals surface area contributed by atoms with E-state index in [4.69, 9.17) is 9.68 Å². The number of hydrogen-bond acceptors (Lipinski definition) is 5. The molecule has 142 valence electrons. The number of hydroxylamine groups is 2. The fraction of sp³-hybridized carbons (Fsp3) is 0.550. The van der Waals surface area contributed by atoms with Gasteiger partial charge in [-0.1, -0.05) is 31.9 Å². The summed E-state index contributed by atoms with van der Waals surface area (Å²) < 4.78 is 0. The van der Waals surface area contributed by atoms with Crippen molar-refractivity contribution in [3.8, 4) is 0 Å². The molecule has 0 bridgehead atoms. The van der Waals surface area contributed by atoms with Gasteiger partial charge in [-0.2, -0.15) is 0 Å².